The molecule has 0 aliphatic carbocycles. The van der Waals surface area contributed by atoms with Crippen LogP contribution >= 0.6 is 0 Å². The number of carbonyl (C=O) groups is 1. The van der Waals surface area contributed by atoms with Crippen LogP contribution in [0.1, 0.15) is 23.4 Å². The molecule has 1 amide bonds. The highest BCUT2D eigenvalue weighted by Crippen LogP contribution is 2.19. The number of amides is 1. The lowest BCUT2D eigenvalue weighted by atomic mass is 10.1. The number of carbonyl (C=O) groups excluding carboxylic acids is 1. The first-order valence-corrected chi connectivity index (χ1v) is 8.02. The van der Waals surface area contributed by atoms with E-state index in [0.29, 0.717) is 23.7 Å². The summed E-state index contributed by atoms with van der Waals surface area (Å²) >= 11 is 0. The van der Waals surface area contributed by atoms with Gasteiger partial charge >= 0.3 is 0 Å². The average Bonchev–Trinajstić information content (AvgIpc) is 3.08. The van der Waals surface area contributed by atoms with E-state index in [9.17, 15) is 9.18 Å². The van der Waals surface area contributed by atoms with E-state index < -0.39 is 0 Å². The maximum Gasteiger partial charge on any atom is 0.246 e. The molecule has 25 heavy (non-hydrogen) atoms. The molecule has 0 bridgehead atoms. The van der Waals surface area contributed by atoms with Gasteiger partial charge in [-0.2, -0.15) is 4.98 Å². The fourth-order valence-electron chi connectivity index (χ4n) is 2.47. The standard InChI is InChI=1S/C19H18FN3O2/c1-13-6-2-4-8-15(13)19-22-18(25-23-19)12-21-17(24)11-10-14-7-3-5-9-16(14)20/h2-9H,10-12H2,1H3,(H,21,24). The van der Waals surface area contributed by atoms with Gasteiger partial charge in [-0.3, -0.25) is 4.79 Å². The van der Waals surface area contributed by atoms with Crippen molar-refractivity contribution >= 4 is 5.91 Å². The van der Waals surface area contributed by atoms with Crippen LogP contribution in [0.2, 0.25) is 0 Å². The molecule has 3 aromatic rings. The summed E-state index contributed by atoms with van der Waals surface area (Å²) < 4.78 is 18.7. The van der Waals surface area contributed by atoms with E-state index in [-0.39, 0.29) is 24.7 Å². The fourth-order valence-corrected chi connectivity index (χ4v) is 2.47. The first-order chi connectivity index (χ1) is 12.1. The lowest BCUT2D eigenvalue weighted by molar-refractivity contribution is -0.121. The molecule has 0 saturated heterocycles. The minimum atomic E-state index is -0.296. The van der Waals surface area contributed by atoms with Gasteiger partial charge in [0, 0.05) is 12.0 Å². The van der Waals surface area contributed by atoms with Gasteiger partial charge in [0.2, 0.25) is 17.6 Å². The van der Waals surface area contributed by atoms with Crippen molar-refractivity contribution < 1.29 is 13.7 Å². The molecule has 0 aliphatic heterocycles. The second-order valence-corrected chi connectivity index (χ2v) is 5.69. The van der Waals surface area contributed by atoms with Gasteiger partial charge in [-0.15, -0.1) is 0 Å². The second-order valence-electron chi connectivity index (χ2n) is 5.69. The number of nitrogens with zero attached hydrogens (tertiary/aromatic N) is 2. The van der Waals surface area contributed by atoms with Gasteiger partial charge in [0.1, 0.15) is 5.82 Å². The van der Waals surface area contributed by atoms with E-state index in [2.05, 4.69) is 15.5 Å². The van der Waals surface area contributed by atoms with Gasteiger partial charge in [0.15, 0.2) is 0 Å². The SMILES string of the molecule is Cc1ccccc1-c1noc(CNC(=O)CCc2ccccc2F)n1. The highest BCUT2D eigenvalue weighted by atomic mass is 19.1. The van der Waals surface area contributed by atoms with Gasteiger partial charge < -0.3 is 9.84 Å². The van der Waals surface area contributed by atoms with Crippen molar-refractivity contribution in [2.75, 3.05) is 0 Å². The number of hydrogen-bond acceptors (Lipinski definition) is 4. The van der Waals surface area contributed by atoms with Crippen LogP contribution in [0.5, 0.6) is 0 Å². The number of hydrogen-bond donors (Lipinski definition) is 1. The van der Waals surface area contributed by atoms with Crippen molar-refractivity contribution in [2.24, 2.45) is 0 Å². The summed E-state index contributed by atoms with van der Waals surface area (Å²) in [6, 6.07) is 14.2. The van der Waals surface area contributed by atoms with Gasteiger partial charge in [-0.05, 0) is 30.5 Å². The van der Waals surface area contributed by atoms with Gasteiger partial charge in [-0.1, -0.05) is 47.6 Å². The van der Waals surface area contributed by atoms with Crippen molar-refractivity contribution in [3.8, 4) is 11.4 Å². The third-order valence-corrected chi connectivity index (χ3v) is 3.87. The monoisotopic (exact) mass is 339 g/mol. The molecule has 1 N–H and O–H groups in total. The molecule has 5 nitrogen and oxygen atoms in total. The van der Waals surface area contributed by atoms with E-state index in [1.807, 2.05) is 31.2 Å². The summed E-state index contributed by atoms with van der Waals surface area (Å²) in [5.74, 6) is 0.333. The molecule has 0 saturated carbocycles. The average molecular weight is 339 g/mol. The van der Waals surface area contributed by atoms with Crippen LogP contribution in [0.4, 0.5) is 4.39 Å². The predicted octanol–water partition coefficient (Wildman–Crippen LogP) is 3.43. The predicted molar refractivity (Wildman–Crippen MR) is 91.0 cm³/mol. The Bertz CT molecular complexity index is 876. The Labute approximate surface area is 144 Å². The van der Waals surface area contributed by atoms with Crippen molar-refractivity contribution in [3.05, 3.63) is 71.4 Å². The molecule has 0 unspecified atom stereocenters. The summed E-state index contributed by atoms with van der Waals surface area (Å²) in [6.07, 6.45) is 0.538. The molecule has 1 aromatic heterocycles. The first kappa shape index (κ1) is 16.8. The third-order valence-electron chi connectivity index (χ3n) is 3.87. The molecule has 3 rings (SSSR count). The highest BCUT2D eigenvalue weighted by Gasteiger charge is 2.12. The largest absolute Gasteiger partial charge is 0.347 e. The van der Waals surface area contributed by atoms with Crippen molar-refractivity contribution in [1.29, 1.82) is 0 Å². The number of nitrogens with one attached hydrogen (secondary N) is 1. The van der Waals surface area contributed by atoms with Crippen LogP contribution in [0.25, 0.3) is 11.4 Å². The van der Waals surface area contributed by atoms with Gasteiger partial charge in [0.25, 0.3) is 0 Å². The van der Waals surface area contributed by atoms with Gasteiger partial charge in [-0.25, -0.2) is 4.39 Å². The molecule has 6 heteroatoms. The smallest absolute Gasteiger partial charge is 0.246 e. The molecular weight excluding hydrogens is 321 g/mol. The lowest BCUT2D eigenvalue weighted by Crippen LogP contribution is -2.23. The maximum absolute atomic E-state index is 13.5. The van der Waals surface area contributed by atoms with Crippen LogP contribution < -0.4 is 5.32 Å². The van der Waals surface area contributed by atoms with E-state index in [0.717, 1.165) is 11.1 Å². The summed E-state index contributed by atoms with van der Waals surface area (Å²) in [4.78, 5) is 16.2. The Kier molecular flexibility index (Phi) is 5.18. The Morgan fingerprint density at radius 2 is 1.92 bits per heavy atom. The Morgan fingerprint density at radius 3 is 2.72 bits per heavy atom. The number of halogens is 1. The zero-order valence-electron chi connectivity index (χ0n) is 13.8. The van der Waals surface area contributed by atoms with Crippen LogP contribution in [-0.2, 0) is 17.8 Å². The minimum absolute atomic E-state index is 0.148. The third kappa shape index (κ3) is 4.29. The topological polar surface area (TPSA) is 68.0 Å². The molecule has 2 aromatic carbocycles. The van der Waals surface area contributed by atoms with Crippen LogP contribution in [0, 0.1) is 12.7 Å². The molecule has 0 atom stereocenters. The number of rotatable bonds is 6. The number of aromatic nitrogens is 2. The Morgan fingerprint density at radius 1 is 1.16 bits per heavy atom. The van der Waals surface area contributed by atoms with Crippen LogP contribution in [0.15, 0.2) is 53.1 Å². The summed E-state index contributed by atoms with van der Waals surface area (Å²) in [5, 5.41) is 6.65. The van der Waals surface area contributed by atoms with Crippen molar-refractivity contribution in [2.45, 2.75) is 26.3 Å². The van der Waals surface area contributed by atoms with Gasteiger partial charge in [0.05, 0.1) is 6.54 Å². The zero-order chi connectivity index (χ0) is 17.6. The first-order valence-electron chi connectivity index (χ1n) is 8.02. The summed E-state index contributed by atoms with van der Waals surface area (Å²) in [6.45, 7) is 2.12. The highest BCUT2D eigenvalue weighted by molar-refractivity contribution is 5.76. The molecule has 0 fully saturated rings. The van der Waals surface area contributed by atoms with E-state index in [1.54, 1.807) is 18.2 Å². The summed E-state index contributed by atoms with van der Waals surface area (Å²) in [5.41, 5.74) is 2.46. The molecular formula is C19H18FN3O2. The van der Waals surface area contributed by atoms with E-state index >= 15 is 0 Å². The number of aryl methyl sites for hydroxylation is 2. The van der Waals surface area contributed by atoms with Crippen LogP contribution in [0.3, 0.4) is 0 Å². The maximum atomic E-state index is 13.5. The van der Waals surface area contributed by atoms with Crippen molar-refractivity contribution in [1.82, 2.24) is 15.5 Å². The summed E-state index contributed by atoms with van der Waals surface area (Å²) in [7, 11) is 0. The Balaban J connectivity index is 1.53. The zero-order valence-corrected chi connectivity index (χ0v) is 13.8. The molecule has 128 valence electrons. The lowest BCUT2D eigenvalue weighted by Gasteiger charge is -2.03. The van der Waals surface area contributed by atoms with Crippen LogP contribution in [-0.4, -0.2) is 16.0 Å². The normalized spacial score (nSPS) is 10.6. The number of benzene rings is 2. The molecule has 0 spiro atoms. The molecule has 1 heterocycles. The second kappa shape index (κ2) is 7.70. The van der Waals surface area contributed by atoms with Crippen molar-refractivity contribution in [3.63, 3.8) is 0 Å². The molecule has 0 radical (unpaired) electrons. The Hall–Kier alpha value is -3.02. The van der Waals surface area contributed by atoms with E-state index in [1.165, 1.54) is 6.07 Å². The minimum Gasteiger partial charge on any atom is -0.347 e. The quantitative estimate of drug-likeness (QED) is 0.747. The van der Waals surface area contributed by atoms with E-state index in [4.69, 9.17) is 4.52 Å². The molecule has 0 aliphatic rings. The fraction of sp³-hybridized carbons (Fsp3) is 0.211.